The maximum atomic E-state index is 11.9. The van der Waals surface area contributed by atoms with Crippen LogP contribution in [0.3, 0.4) is 0 Å². The molecular formula is C20H21N3O4S. The van der Waals surface area contributed by atoms with Crippen molar-refractivity contribution in [2.75, 3.05) is 32.8 Å². The Kier molecular flexibility index (Phi) is 4.65. The number of benzene rings is 1. The molecule has 0 saturated heterocycles. The number of rotatable bonds is 4. The van der Waals surface area contributed by atoms with E-state index in [-0.39, 0.29) is 18.7 Å². The van der Waals surface area contributed by atoms with Gasteiger partial charge in [0, 0.05) is 12.1 Å². The first-order chi connectivity index (χ1) is 13.5. The molecule has 7 nitrogen and oxygen atoms in total. The molecular weight excluding hydrogens is 378 g/mol. The number of hydrogen-bond acceptors (Lipinski definition) is 8. The van der Waals surface area contributed by atoms with Crippen LogP contribution >= 0.6 is 11.3 Å². The van der Waals surface area contributed by atoms with Crippen LogP contribution in [-0.4, -0.2) is 38.2 Å². The van der Waals surface area contributed by atoms with Crippen LogP contribution < -0.4 is 19.5 Å². The molecule has 146 valence electrons. The third kappa shape index (κ3) is 2.79. The molecule has 1 atom stereocenters. The lowest BCUT2D eigenvalue weighted by Gasteiger charge is -2.36. The molecule has 0 spiro atoms. The molecule has 8 heteroatoms. The van der Waals surface area contributed by atoms with Crippen LogP contribution in [0.4, 0.5) is 5.00 Å². The zero-order valence-corrected chi connectivity index (χ0v) is 17.0. The minimum atomic E-state index is -0.224. The molecule has 0 fully saturated rings. The summed E-state index contributed by atoms with van der Waals surface area (Å²) in [6, 6.07) is 4.25. The van der Waals surface area contributed by atoms with Gasteiger partial charge in [-0.15, -0.1) is 11.3 Å². The molecule has 1 aromatic carbocycles. The lowest BCUT2D eigenvalue weighted by atomic mass is 9.95. The fourth-order valence-electron chi connectivity index (χ4n) is 3.83. The summed E-state index contributed by atoms with van der Waals surface area (Å²) in [6.45, 7) is 4.34. The van der Waals surface area contributed by atoms with E-state index >= 15 is 0 Å². The van der Waals surface area contributed by atoms with Gasteiger partial charge in [0.05, 0.1) is 17.6 Å². The summed E-state index contributed by atoms with van der Waals surface area (Å²) in [5.41, 5.74) is 3.32. The van der Waals surface area contributed by atoms with Crippen LogP contribution in [0.25, 0.3) is 0 Å². The van der Waals surface area contributed by atoms with Crippen LogP contribution in [-0.2, 0) is 6.42 Å². The summed E-state index contributed by atoms with van der Waals surface area (Å²) in [4.78, 5) is 14.7. The third-order valence-corrected chi connectivity index (χ3v) is 6.57. The van der Waals surface area contributed by atoms with Gasteiger partial charge in [-0.1, -0.05) is 0 Å². The van der Waals surface area contributed by atoms with Crippen molar-refractivity contribution in [3.63, 3.8) is 0 Å². The van der Waals surface area contributed by atoms with Gasteiger partial charge in [0.15, 0.2) is 17.3 Å². The highest BCUT2D eigenvalue weighted by Gasteiger charge is 2.35. The van der Waals surface area contributed by atoms with Crippen molar-refractivity contribution in [2.45, 2.75) is 26.4 Å². The van der Waals surface area contributed by atoms with E-state index < -0.39 is 0 Å². The predicted molar refractivity (Wildman–Crippen MR) is 106 cm³/mol. The van der Waals surface area contributed by atoms with Gasteiger partial charge >= 0.3 is 0 Å². The van der Waals surface area contributed by atoms with Crippen molar-refractivity contribution in [1.29, 1.82) is 5.26 Å². The number of ether oxygens (including phenoxy) is 3. The second-order valence-electron chi connectivity index (χ2n) is 6.92. The molecule has 2 aliphatic rings. The predicted octanol–water partition coefficient (Wildman–Crippen LogP) is 3.47. The van der Waals surface area contributed by atoms with E-state index in [1.165, 1.54) is 18.3 Å². The van der Waals surface area contributed by atoms with Crippen molar-refractivity contribution in [3.05, 3.63) is 33.2 Å². The van der Waals surface area contributed by atoms with Gasteiger partial charge in [-0.05, 0) is 44.5 Å². The summed E-state index contributed by atoms with van der Waals surface area (Å²) in [5, 5.41) is 13.8. The van der Waals surface area contributed by atoms with Crippen molar-refractivity contribution in [3.8, 4) is 23.3 Å². The number of hydrogen-bond donors (Lipinski definition) is 1. The van der Waals surface area contributed by atoms with E-state index in [0.29, 0.717) is 32.7 Å². The number of nitrogens with zero attached hydrogens (tertiary/aromatic N) is 2. The number of fused-ring (bicyclic) bond motifs is 2. The Labute approximate surface area is 167 Å². The van der Waals surface area contributed by atoms with E-state index in [9.17, 15) is 10.1 Å². The largest absolute Gasteiger partial charge is 0.492 e. The second kappa shape index (κ2) is 7.00. The molecule has 0 radical (unpaired) electrons. The lowest BCUT2D eigenvalue weighted by Crippen LogP contribution is -2.37. The number of thiophene rings is 1. The van der Waals surface area contributed by atoms with Gasteiger partial charge in [-0.3, -0.25) is 9.69 Å². The first-order valence-electron chi connectivity index (χ1n) is 8.96. The highest BCUT2D eigenvalue weighted by atomic mass is 32.1. The minimum absolute atomic E-state index is 0.0367. The average Bonchev–Trinajstić information content (AvgIpc) is 3.26. The van der Waals surface area contributed by atoms with Gasteiger partial charge in [-0.25, -0.2) is 0 Å². The maximum Gasteiger partial charge on any atom is 0.231 e. The Bertz CT molecular complexity index is 1010. The van der Waals surface area contributed by atoms with Crippen LogP contribution in [0.5, 0.6) is 17.2 Å². The summed E-state index contributed by atoms with van der Waals surface area (Å²) in [5.74, 6) is 1.91. The first kappa shape index (κ1) is 18.6. The third-order valence-electron chi connectivity index (χ3n) is 5.24. The topological polar surface area (TPSA) is 83.8 Å². The molecule has 4 rings (SSSR count). The van der Waals surface area contributed by atoms with Crippen molar-refractivity contribution < 1.29 is 19.0 Å². The molecule has 0 unspecified atom stereocenters. The van der Waals surface area contributed by atoms with Crippen molar-refractivity contribution in [1.82, 2.24) is 4.90 Å². The van der Waals surface area contributed by atoms with Gasteiger partial charge in [0.1, 0.15) is 17.2 Å². The number of anilines is 1. The molecule has 0 saturated carbocycles. The van der Waals surface area contributed by atoms with E-state index in [4.69, 9.17) is 14.2 Å². The number of ketones is 1. The standard InChI is InChI=1S/C20H21N3O4S/c1-10-13(8-21)20(28-18(10)11(2)24)22-19-15-12(5-6-23(19)3)7-14-16(17(15)25-4)27-9-26-14/h7,19,22H,5-6,9H2,1-4H3/t19-/m1/s1. The first-order valence-corrected chi connectivity index (χ1v) is 9.78. The van der Waals surface area contributed by atoms with Crippen LogP contribution in [0.1, 0.15) is 45.0 Å². The fraction of sp³-hybridized carbons (Fsp3) is 0.400. The zero-order chi connectivity index (χ0) is 20.0. The summed E-state index contributed by atoms with van der Waals surface area (Å²) >= 11 is 1.32. The SMILES string of the molecule is COc1c2c(cc3c1[C@H](Nc1sc(C(C)=O)c(C)c1C#N)N(C)CC3)OCO2. The monoisotopic (exact) mass is 399 g/mol. The van der Waals surface area contributed by atoms with E-state index in [1.54, 1.807) is 7.11 Å². The van der Waals surface area contributed by atoms with E-state index in [0.717, 1.165) is 29.7 Å². The average molecular weight is 399 g/mol. The van der Waals surface area contributed by atoms with Crippen molar-refractivity contribution >= 4 is 22.1 Å². The zero-order valence-electron chi connectivity index (χ0n) is 16.2. The van der Waals surface area contributed by atoms with Crippen LogP contribution in [0.15, 0.2) is 6.07 Å². The molecule has 1 N–H and O–H groups in total. The number of nitrogens with one attached hydrogen (secondary N) is 1. The number of carbonyl (C=O) groups is 1. The van der Waals surface area contributed by atoms with Crippen LogP contribution in [0.2, 0.25) is 0 Å². The molecule has 0 amide bonds. The molecule has 1 aromatic heterocycles. The molecule has 2 aliphatic heterocycles. The van der Waals surface area contributed by atoms with Gasteiger partial charge in [0.2, 0.25) is 12.5 Å². The number of methoxy groups -OCH3 is 1. The highest BCUT2D eigenvalue weighted by Crippen LogP contribution is 2.50. The minimum Gasteiger partial charge on any atom is -0.492 e. The Morgan fingerprint density at radius 2 is 2.25 bits per heavy atom. The molecule has 2 aromatic rings. The smallest absolute Gasteiger partial charge is 0.231 e. The number of likely N-dealkylation sites (N-methyl/N-ethyl adjacent to an activating group) is 1. The van der Waals surface area contributed by atoms with Crippen molar-refractivity contribution in [2.24, 2.45) is 0 Å². The van der Waals surface area contributed by atoms with Gasteiger partial charge in [0.25, 0.3) is 0 Å². The Morgan fingerprint density at radius 1 is 1.46 bits per heavy atom. The number of nitriles is 1. The second-order valence-corrected chi connectivity index (χ2v) is 7.94. The Morgan fingerprint density at radius 3 is 2.93 bits per heavy atom. The molecule has 0 aliphatic carbocycles. The van der Waals surface area contributed by atoms with Crippen LogP contribution in [0, 0.1) is 18.3 Å². The van der Waals surface area contributed by atoms with E-state index in [1.807, 2.05) is 20.0 Å². The fourth-order valence-corrected chi connectivity index (χ4v) is 4.90. The Hall–Kier alpha value is -2.76. The summed E-state index contributed by atoms with van der Waals surface area (Å²) < 4.78 is 16.9. The van der Waals surface area contributed by atoms with Gasteiger partial charge in [-0.2, -0.15) is 5.26 Å². The quantitative estimate of drug-likeness (QED) is 0.788. The maximum absolute atomic E-state index is 11.9. The van der Waals surface area contributed by atoms with E-state index in [2.05, 4.69) is 16.3 Å². The highest BCUT2D eigenvalue weighted by molar-refractivity contribution is 7.18. The lowest BCUT2D eigenvalue weighted by molar-refractivity contribution is 0.102. The molecule has 3 heterocycles. The summed E-state index contributed by atoms with van der Waals surface area (Å²) in [7, 11) is 3.64. The van der Waals surface area contributed by atoms with Gasteiger partial charge < -0.3 is 19.5 Å². The summed E-state index contributed by atoms with van der Waals surface area (Å²) in [6.07, 6.45) is 0.628. The number of Topliss-reactive ketones (excluding diaryl/α,β-unsaturated/α-hetero) is 1. The number of carbonyl (C=O) groups excluding carboxylic acids is 1. The molecule has 28 heavy (non-hydrogen) atoms. The Balaban J connectivity index is 1.82. The normalized spacial score (nSPS) is 17.8. The molecule has 0 bridgehead atoms.